The third kappa shape index (κ3) is 4.17. The molecule has 0 saturated heterocycles. The van der Waals surface area contributed by atoms with E-state index in [0.29, 0.717) is 11.3 Å². The van der Waals surface area contributed by atoms with Gasteiger partial charge < -0.3 is 9.94 Å². The zero-order valence-electron chi connectivity index (χ0n) is 8.16. The molecule has 0 aliphatic heterocycles. The van der Waals surface area contributed by atoms with Crippen molar-refractivity contribution in [3.05, 3.63) is 29.8 Å². The highest BCUT2D eigenvalue weighted by molar-refractivity contribution is 5.80. The smallest absolute Gasteiger partial charge is 0.344 e. The van der Waals surface area contributed by atoms with Gasteiger partial charge in [0.25, 0.3) is 0 Å². The number of aliphatic imine (C=N–C) groups is 1. The normalized spacial score (nSPS) is 9.75. The van der Waals surface area contributed by atoms with Crippen molar-refractivity contribution in [3.63, 3.8) is 0 Å². The Labute approximate surface area is 90.9 Å². The van der Waals surface area contributed by atoms with E-state index < -0.39 is 12.6 Å². The summed E-state index contributed by atoms with van der Waals surface area (Å²) in [6.45, 7) is -0.497. The van der Waals surface area contributed by atoms with E-state index in [1.165, 1.54) is 12.3 Å². The maximum absolute atomic E-state index is 10.1. The molecule has 0 aromatic heterocycles. The highest BCUT2D eigenvalue weighted by Crippen LogP contribution is 2.11. The lowest BCUT2D eigenvalue weighted by atomic mass is 10.2. The Morgan fingerprint density at radius 2 is 2.38 bits per heavy atom. The van der Waals surface area contributed by atoms with Crippen molar-refractivity contribution >= 4 is 24.0 Å². The minimum atomic E-state index is -1.10. The molecule has 1 aromatic rings. The fraction of sp³-hybridized carbons (Fsp3) is 0.100. The van der Waals surface area contributed by atoms with E-state index in [0.717, 1.165) is 0 Å². The first kappa shape index (κ1) is 11.6. The van der Waals surface area contributed by atoms with Crippen LogP contribution in [-0.4, -0.2) is 30.0 Å². The molecule has 0 aliphatic carbocycles. The van der Waals surface area contributed by atoms with Crippen LogP contribution in [0.5, 0.6) is 0 Å². The summed E-state index contributed by atoms with van der Waals surface area (Å²) in [5.74, 6) is -1.10. The number of carbonyl (C=O) groups excluding carboxylic acids is 1. The fourth-order valence-corrected chi connectivity index (χ4v) is 0.918. The summed E-state index contributed by atoms with van der Waals surface area (Å²) in [6, 6.07) is 6.59. The Bertz CT molecular complexity index is 450. The van der Waals surface area contributed by atoms with Crippen LogP contribution in [-0.2, 0) is 14.4 Å². The standard InChI is InChI=1S/C10H8N2O4/c13-7-11-9-3-1-2-8(4-9)5-12-16-6-10(14)15/h1-5H,6H2,(H,14,15). The van der Waals surface area contributed by atoms with Gasteiger partial charge in [-0.25, -0.2) is 9.59 Å². The Hall–Kier alpha value is -2.46. The number of carboxylic acid groups (broad SMARTS) is 1. The van der Waals surface area contributed by atoms with Gasteiger partial charge in [-0.3, -0.25) is 0 Å². The lowest BCUT2D eigenvalue weighted by Crippen LogP contribution is -2.03. The van der Waals surface area contributed by atoms with Crippen molar-refractivity contribution < 1.29 is 19.5 Å². The topological polar surface area (TPSA) is 88.3 Å². The molecule has 16 heavy (non-hydrogen) atoms. The average molecular weight is 220 g/mol. The zero-order valence-corrected chi connectivity index (χ0v) is 8.16. The van der Waals surface area contributed by atoms with Gasteiger partial charge in [0.05, 0.1) is 11.9 Å². The summed E-state index contributed by atoms with van der Waals surface area (Å²) in [7, 11) is 0. The highest BCUT2D eigenvalue weighted by Gasteiger charge is 1.94. The second kappa shape index (κ2) is 6.10. The number of isocyanates is 1. The SMILES string of the molecule is O=C=Nc1cccc(C=NOCC(=O)O)c1. The van der Waals surface area contributed by atoms with Crippen molar-refractivity contribution in [3.8, 4) is 0 Å². The lowest BCUT2D eigenvalue weighted by Gasteiger charge is -1.95. The molecule has 1 rings (SSSR count). The van der Waals surface area contributed by atoms with E-state index in [1.807, 2.05) is 0 Å². The van der Waals surface area contributed by atoms with Gasteiger partial charge in [-0.1, -0.05) is 17.3 Å². The minimum absolute atomic E-state index is 0.442. The van der Waals surface area contributed by atoms with Crippen molar-refractivity contribution in [1.29, 1.82) is 0 Å². The molecule has 82 valence electrons. The molecule has 0 saturated carbocycles. The third-order valence-corrected chi connectivity index (χ3v) is 1.51. The summed E-state index contributed by atoms with van der Waals surface area (Å²) < 4.78 is 0. The van der Waals surface area contributed by atoms with Crippen molar-refractivity contribution in [2.75, 3.05) is 6.61 Å². The molecule has 1 aromatic carbocycles. The molecule has 0 aliphatic rings. The summed E-state index contributed by atoms with van der Waals surface area (Å²) in [5, 5.41) is 11.7. The second-order valence-corrected chi connectivity index (χ2v) is 2.70. The number of nitrogens with zero attached hydrogens (tertiary/aromatic N) is 2. The summed E-state index contributed by atoms with van der Waals surface area (Å²) in [5.41, 5.74) is 1.08. The number of oxime groups is 1. The second-order valence-electron chi connectivity index (χ2n) is 2.70. The Morgan fingerprint density at radius 3 is 3.06 bits per heavy atom. The molecule has 0 amide bonds. The molecule has 0 unspecified atom stereocenters. The number of carboxylic acids is 1. The molecule has 0 radical (unpaired) electrons. The van der Waals surface area contributed by atoms with Crippen LogP contribution in [0.25, 0.3) is 0 Å². The zero-order chi connectivity index (χ0) is 11.8. The number of carbonyl (C=O) groups is 1. The molecule has 0 atom stereocenters. The largest absolute Gasteiger partial charge is 0.479 e. The van der Waals surface area contributed by atoms with Crippen molar-refractivity contribution in [2.45, 2.75) is 0 Å². The van der Waals surface area contributed by atoms with Gasteiger partial charge in [0.15, 0.2) is 0 Å². The van der Waals surface area contributed by atoms with E-state index >= 15 is 0 Å². The van der Waals surface area contributed by atoms with E-state index in [1.54, 1.807) is 24.3 Å². The number of hydrogen-bond acceptors (Lipinski definition) is 5. The number of aliphatic carboxylic acids is 1. The Kier molecular flexibility index (Phi) is 4.43. The minimum Gasteiger partial charge on any atom is -0.479 e. The predicted octanol–water partition coefficient (Wildman–Crippen LogP) is 1.09. The third-order valence-electron chi connectivity index (χ3n) is 1.51. The quantitative estimate of drug-likeness (QED) is 0.457. The van der Waals surface area contributed by atoms with E-state index in [-0.39, 0.29) is 0 Å². The number of hydrogen-bond donors (Lipinski definition) is 1. The van der Waals surface area contributed by atoms with Crippen molar-refractivity contribution in [2.24, 2.45) is 10.1 Å². The van der Waals surface area contributed by atoms with Gasteiger partial charge in [0.1, 0.15) is 0 Å². The molecule has 0 fully saturated rings. The monoisotopic (exact) mass is 220 g/mol. The maximum atomic E-state index is 10.1. The molecule has 0 heterocycles. The van der Waals surface area contributed by atoms with Crippen LogP contribution in [0.15, 0.2) is 34.4 Å². The number of benzene rings is 1. The van der Waals surface area contributed by atoms with Crippen LogP contribution >= 0.6 is 0 Å². The fourth-order valence-electron chi connectivity index (χ4n) is 0.918. The maximum Gasteiger partial charge on any atom is 0.344 e. The van der Waals surface area contributed by atoms with Crippen LogP contribution in [0.2, 0.25) is 0 Å². The van der Waals surface area contributed by atoms with Gasteiger partial charge in [-0.15, -0.1) is 0 Å². The Balaban J connectivity index is 2.62. The Morgan fingerprint density at radius 1 is 1.56 bits per heavy atom. The van der Waals surface area contributed by atoms with Crippen LogP contribution in [0.4, 0.5) is 5.69 Å². The molecule has 0 spiro atoms. The number of rotatable bonds is 5. The van der Waals surface area contributed by atoms with E-state index in [2.05, 4.69) is 15.0 Å². The van der Waals surface area contributed by atoms with Gasteiger partial charge in [-0.05, 0) is 17.7 Å². The first-order chi connectivity index (χ1) is 7.72. The van der Waals surface area contributed by atoms with Crippen LogP contribution in [0.1, 0.15) is 5.56 Å². The molecule has 6 heteroatoms. The van der Waals surface area contributed by atoms with Crippen molar-refractivity contribution in [1.82, 2.24) is 0 Å². The van der Waals surface area contributed by atoms with Crippen LogP contribution in [0.3, 0.4) is 0 Å². The van der Waals surface area contributed by atoms with Gasteiger partial charge in [-0.2, -0.15) is 4.99 Å². The molecule has 0 bridgehead atoms. The molecule has 6 nitrogen and oxygen atoms in total. The summed E-state index contributed by atoms with van der Waals surface area (Å²) in [4.78, 5) is 28.0. The van der Waals surface area contributed by atoms with Crippen LogP contribution < -0.4 is 0 Å². The first-order valence-electron chi connectivity index (χ1n) is 4.27. The van der Waals surface area contributed by atoms with Gasteiger partial charge >= 0.3 is 5.97 Å². The van der Waals surface area contributed by atoms with E-state index in [4.69, 9.17) is 5.11 Å². The summed E-state index contributed by atoms with van der Waals surface area (Å²) in [6.07, 6.45) is 2.74. The van der Waals surface area contributed by atoms with E-state index in [9.17, 15) is 9.59 Å². The van der Waals surface area contributed by atoms with Gasteiger partial charge in [0, 0.05) is 0 Å². The molecular formula is C10H8N2O4. The molecule has 1 N–H and O–H groups in total. The average Bonchev–Trinajstić information content (AvgIpc) is 2.25. The van der Waals surface area contributed by atoms with Crippen LogP contribution in [0, 0.1) is 0 Å². The molecular weight excluding hydrogens is 212 g/mol. The summed E-state index contributed by atoms with van der Waals surface area (Å²) >= 11 is 0. The predicted molar refractivity (Wildman–Crippen MR) is 55.4 cm³/mol. The van der Waals surface area contributed by atoms with Gasteiger partial charge in [0.2, 0.25) is 12.7 Å². The first-order valence-corrected chi connectivity index (χ1v) is 4.27. The lowest BCUT2D eigenvalue weighted by molar-refractivity contribution is -0.142. The highest BCUT2D eigenvalue weighted by atomic mass is 16.6.